The molecule has 2 aromatic rings. The standard InChI is InChI=1S/C18H22N2O2/c1-3-15-9-6-7-11-17(15)22-13-20-18(21)19-12-16-10-5-4-8-14(16)2/h4-11H,3,12-13H2,1-2H3,(H2,19,20,21). The second-order valence-electron chi connectivity index (χ2n) is 5.04. The topological polar surface area (TPSA) is 50.4 Å². The van der Waals surface area contributed by atoms with Gasteiger partial charge in [0, 0.05) is 6.54 Å². The highest BCUT2D eigenvalue weighted by Gasteiger charge is 2.03. The Morgan fingerprint density at radius 1 is 1.00 bits per heavy atom. The van der Waals surface area contributed by atoms with E-state index in [9.17, 15) is 4.79 Å². The molecular weight excluding hydrogens is 276 g/mol. The molecule has 0 aromatic heterocycles. The lowest BCUT2D eigenvalue weighted by Crippen LogP contribution is -2.37. The van der Waals surface area contributed by atoms with E-state index in [2.05, 4.69) is 17.6 Å². The van der Waals surface area contributed by atoms with Crippen LogP contribution in [0.4, 0.5) is 4.79 Å². The van der Waals surface area contributed by atoms with E-state index in [0.717, 1.165) is 28.9 Å². The van der Waals surface area contributed by atoms with E-state index in [1.165, 1.54) is 0 Å². The quantitative estimate of drug-likeness (QED) is 0.803. The van der Waals surface area contributed by atoms with Crippen molar-refractivity contribution in [2.75, 3.05) is 6.73 Å². The van der Waals surface area contributed by atoms with Crippen LogP contribution in [0.5, 0.6) is 5.75 Å². The predicted octanol–water partition coefficient (Wildman–Crippen LogP) is 3.39. The Morgan fingerprint density at radius 2 is 1.68 bits per heavy atom. The predicted molar refractivity (Wildman–Crippen MR) is 87.9 cm³/mol. The van der Waals surface area contributed by atoms with Crippen LogP contribution in [0.25, 0.3) is 0 Å². The summed E-state index contributed by atoms with van der Waals surface area (Å²) in [4.78, 5) is 11.8. The number of benzene rings is 2. The van der Waals surface area contributed by atoms with Crippen LogP contribution in [0.3, 0.4) is 0 Å². The second-order valence-corrected chi connectivity index (χ2v) is 5.04. The molecule has 22 heavy (non-hydrogen) atoms. The fraction of sp³-hybridized carbons (Fsp3) is 0.278. The van der Waals surface area contributed by atoms with Crippen molar-refractivity contribution < 1.29 is 9.53 Å². The summed E-state index contributed by atoms with van der Waals surface area (Å²) in [5.74, 6) is 0.809. The van der Waals surface area contributed by atoms with Gasteiger partial charge in [-0.05, 0) is 36.1 Å². The van der Waals surface area contributed by atoms with Gasteiger partial charge in [0.1, 0.15) is 5.75 Å². The SMILES string of the molecule is CCc1ccccc1OCNC(=O)NCc1ccccc1C. The van der Waals surface area contributed by atoms with E-state index in [4.69, 9.17) is 4.74 Å². The zero-order valence-corrected chi connectivity index (χ0v) is 13.1. The molecular formula is C18H22N2O2. The Bertz CT molecular complexity index is 626. The third-order valence-electron chi connectivity index (χ3n) is 3.51. The van der Waals surface area contributed by atoms with Crippen LogP contribution < -0.4 is 15.4 Å². The van der Waals surface area contributed by atoms with E-state index < -0.39 is 0 Å². The third kappa shape index (κ3) is 4.52. The Kier molecular flexibility index (Phi) is 5.83. The number of carbonyl (C=O) groups is 1. The number of nitrogens with one attached hydrogen (secondary N) is 2. The van der Waals surface area contributed by atoms with E-state index in [1.54, 1.807) is 0 Å². The zero-order chi connectivity index (χ0) is 15.8. The summed E-state index contributed by atoms with van der Waals surface area (Å²) in [6.07, 6.45) is 0.898. The maximum absolute atomic E-state index is 11.8. The van der Waals surface area contributed by atoms with Crippen molar-refractivity contribution in [1.29, 1.82) is 0 Å². The molecule has 4 nitrogen and oxygen atoms in total. The number of amides is 2. The van der Waals surface area contributed by atoms with Gasteiger partial charge in [-0.25, -0.2) is 4.79 Å². The molecule has 0 bridgehead atoms. The summed E-state index contributed by atoms with van der Waals surface area (Å²) in [5.41, 5.74) is 3.40. The van der Waals surface area contributed by atoms with Crippen molar-refractivity contribution in [3.05, 3.63) is 65.2 Å². The van der Waals surface area contributed by atoms with Gasteiger partial charge in [-0.1, -0.05) is 49.4 Å². The molecule has 2 N–H and O–H groups in total. The van der Waals surface area contributed by atoms with Gasteiger partial charge in [-0.2, -0.15) is 0 Å². The molecule has 0 aliphatic carbocycles. The van der Waals surface area contributed by atoms with Crippen LogP contribution in [0.2, 0.25) is 0 Å². The Balaban J connectivity index is 1.75. The van der Waals surface area contributed by atoms with Gasteiger partial charge in [0.2, 0.25) is 0 Å². The Morgan fingerprint density at radius 3 is 2.41 bits per heavy atom. The normalized spacial score (nSPS) is 10.1. The van der Waals surface area contributed by atoms with E-state index in [1.807, 2.05) is 55.5 Å². The highest BCUT2D eigenvalue weighted by atomic mass is 16.5. The highest BCUT2D eigenvalue weighted by Crippen LogP contribution is 2.17. The van der Waals surface area contributed by atoms with Gasteiger partial charge in [0.05, 0.1) is 0 Å². The molecule has 0 fully saturated rings. The largest absolute Gasteiger partial charge is 0.473 e. The number of hydrogen-bond acceptors (Lipinski definition) is 2. The molecule has 0 aliphatic rings. The van der Waals surface area contributed by atoms with Crippen molar-refractivity contribution in [1.82, 2.24) is 10.6 Å². The van der Waals surface area contributed by atoms with Gasteiger partial charge in [0.25, 0.3) is 0 Å². The van der Waals surface area contributed by atoms with E-state index in [0.29, 0.717) is 6.54 Å². The third-order valence-corrected chi connectivity index (χ3v) is 3.51. The second kappa shape index (κ2) is 8.08. The molecule has 0 spiro atoms. The van der Waals surface area contributed by atoms with Crippen molar-refractivity contribution in [3.8, 4) is 5.75 Å². The van der Waals surface area contributed by atoms with Gasteiger partial charge in [0.15, 0.2) is 6.73 Å². The monoisotopic (exact) mass is 298 g/mol. The Labute approximate surface area is 131 Å². The first kappa shape index (κ1) is 15.9. The van der Waals surface area contributed by atoms with Crippen LogP contribution in [-0.4, -0.2) is 12.8 Å². The minimum atomic E-state index is -0.239. The van der Waals surface area contributed by atoms with Crippen molar-refractivity contribution in [2.45, 2.75) is 26.8 Å². The minimum absolute atomic E-state index is 0.149. The van der Waals surface area contributed by atoms with Crippen LogP contribution >= 0.6 is 0 Å². The lowest BCUT2D eigenvalue weighted by atomic mass is 10.1. The van der Waals surface area contributed by atoms with Crippen LogP contribution in [-0.2, 0) is 13.0 Å². The zero-order valence-electron chi connectivity index (χ0n) is 13.1. The summed E-state index contributed by atoms with van der Waals surface area (Å²) in [6, 6.07) is 15.6. The highest BCUT2D eigenvalue weighted by molar-refractivity contribution is 5.73. The van der Waals surface area contributed by atoms with E-state index >= 15 is 0 Å². The molecule has 0 unspecified atom stereocenters. The molecule has 2 rings (SSSR count). The van der Waals surface area contributed by atoms with E-state index in [-0.39, 0.29) is 12.8 Å². The lowest BCUT2D eigenvalue weighted by molar-refractivity contribution is 0.223. The molecule has 4 heteroatoms. The fourth-order valence-electron chi connectivity index (χ4n) is 2.16. The first-order valence-electron chi connectivity index (χ1n) is 7.47. The minimum Gasteiger partial charge on any atom is -0.473 e. The molecule has 0 heterocycles. The van der Waals surface area contributed by atoms with Gasteiger partial charge >= 0.3 is 6.03 Å². The maximum atomic E-state index is 11.8. The number of carbonyl (C=O) groups excluding carboxylic acids is 1. The van der Waals surface area contributed by atoms with Crippen LogP contribution in [0.1, 0.15) is 23.6 Å². The lowest BCUT2D eigenvalue weighted by Gasteiger charge is -2.12. The fourth-order valence-corrected chi connectivity index (χ4v) is 2.16. The summed E-state index contributed by atoms with van der Waals surface area (Å²) >= 11 is 0. The van der Waals surface area contributed by atoms with Gasteiger partial charge in [-0.3, -0.25) is 0 Å². The Hall–Kier alpha value is -2.49. The van der Waals surface area contributed by atoms with Crippen molar-refractivity contribution in [2.24, 2.45) is 0 Å². The number of para-hydroxylation sites is 1. The average Bonchev–Trinajstić information content (AvgIpc) is 2.54. The molecule has 0 radical (unpaired) electrons. The number of ether oxygens (including phenoxy) is 1. The smallest absolute Gasteiger partial charge is 0.317 e. The molecule has 2 aromatic carbocycles. The molecule has 0 saturated heterocycles. The van der Waals surface area contributed by atoms with Gasteiger partial charge < -0.3 is 15.4 Å². The van der Waals surface area contributed by atoms with Gasteiger partial charge in [-0.15, -0.1) is 0 Å². The van der Waals surface area contributed by atoms with Crippen LogP contribution in [0, 0.1) is 6.92 Å². The molecule has 0 aliphatic heterocycles. The summed E-state index contributed by atoms with van der Waals surface area (Å²) in [7, 11) is 0. The first-order chi connectivity index (χ1) is 10.7. The van der Waals surface area contributed by atoms with Crippen LogP contribution in [0.15, 0.2) is 48.5 Å². The summed E-state index contributed by atoms with van der Waals surface area (Å²) in [6.45, 7) is 4.75. The first-order valence-corrected chi connectivity index (χ1v) is 7.47. The number of rotatable bonds is 6. The molecule has 0 atom stereocenters. The van der Waals surface area contributed by atoms with Crippen molar-refractivity contribution in [3.63, 3.8) is 0 Å². The maximum Gasteiger partial charge on any atom is 0.317 e. The molecule has 0 saturated carbocycles. The average molecular weight is 298 g/mol. The number of urea groups is 1. The summed E-state index contributed by atoms with van der Waals surface area (Å²) < 4.78 is 5.60. The molecule has 116 valence electrons. The summed E-state index contributed by atoms with van der Waals surface area (Å²) in [5, 5.41) is 5.52. The number of aryl methyl sites for hydroxylation is 2. The van der Waals surface area contributed by atoms with Crippen molar-refractivity contribution >= 4 is 6.03 Å². The number of hydrogen-bond donors (Lipinski definition) is 2. The molecule has 2 amide bonds.